The van der Waals surface area contributed by atoms with Crippen LogP contribution < -0.4 is 19.9 Å². The molecular weight excluding hydrogens is 492 g/mol. The number of nitrogens with one attached hydrogen (secondary N) is 1. The van der Waals surface area contributed by atoms with E-state index in [1.165, 1.54) is 12.0 Å². The normalized spacial score (nSPS) is 26.8. The van der Waals surface area contributed by atoms with E-state index in [0.717, 1.165) is 73.4 Å². The van der Waals surface area contributed by atoms with E-state index in [1.807, 2.05) is 30.3 Å². The summed E-state index contributed by atoms with van der Waals surface area (Å²) in [6.45, 7) is 5.08. The Kier molecular flexibility index (Phi) is 6.45. The molecule has 0 aliphatic carbocycles. The van der Waals surface area contributed by atoms with Gasteiger partial charge in [-0.25, -0.2) is 0 Å². The molecular formula is C30H38N6O3. The van der Waals surface area contributed by atoms with E-state index in [1.54, 1.807) is 0 Å². The van der Waals surface area contributed by atoms with Gasteiger partial charge >= 0.3 is 6.01 Å². The molecule has 3 fully saturated rings. The van der Waals surface area contributed by atoms with Gasteiger partial charge in [0.15, 0.2) is 0 Å². The first kappa shape index (κ1) is 24.9. The van der Waals surface area contributed by atoms with Gasteiger partial charge in [-0.2, -0.15) is 9.97 Å². The maximum absolute atomic E-state index is 10.5. The number of anilines is 2. The van der Waals surface area contributed by atoms with E-state index >= 15 is 0 Å². The quantitative estimate of drug-likeness (QED) is 0.444. The van der Waals surface area contributed by atoms with Crippen molar-refractivity contribution in [3.63, 3.8) is 0 Å². The smallest absolute Gasteiger partial charge is 0.318 e. The van der Waals surface area contributed by atoms with Gasteiger partial charge in [0, 0.05) is 73.0 Å². The van der Waals surface area contributed by atoms with Crippen molar-refractivity contribution >= 4 is 22.3 Å². The number of phenolic OH excluding ortho intramolecular Hbond substituents is 1. The van der Waals surface area contributed by atoms with E-state index in [9.17, 15) is 10.2 Å². The number of likely N-dealkylation sites (N-methyl/N-ethyl adjacent to an activating group) is 1. The second kappa shape index (κ2) is 10.1. The Bertz CT molecular complexity index is 1370. The van der Waals surface area contributed by atoms with Crippen LogP contribution in [-0.4, -0.2) is 89.6 Å². The average molecular weight is 531 g/mol. The molecule has 3 saturated heterocycles. The number of hydrogen-bond acceptors (Lipinski definition) is 9. The Morgan fingerprint density at radius 1 is 1.10 bits per heavy atom. The summed E-state index contributed by atoms with van der Waals surface area (Å²) in [4.78, 5) is 17.1. The molecule has 1 aromatic heterocycles. The number of aromatic nitrogens is 2. The molecule has 5 heterocycles. The summed E-state index contributed by atoms with van der Waals surface area (Å²) in [7, 11) is 2.16. The van der Waals surface area contributed by atoms with E-state index in [2.05, 4.69) is 33.1 Å². The van der Waals surface area contributed by atoms with Gasteiger partial charge in [0.25, 0.3) is 0 Å². The molecule has 1 unspecified atom stereocenters. The summed E-state index contributed by atoms with van der Waals surface area (Å²) in [6.07, 6.45) is 4.16. The molecule has 4 aliphatic heterocycles. The van der Waals surface area contributed by atoms with Gasteiger partial charge in [-0.3, -0.25) is 0 Å². The molecule has 206 valence electrons. The topological polar surface area (TPSA) is 97.2 Å². The number of aliphatic hydroxyl groups is 1. The lowest BCUT2D eigenvalue weighted by atomic mass is 10.0. The third-order valence-corrected chi connectivity index (χ3v) is 9.26. The number of aliphatic hydroxyl groups excluding tert-OH is 1. The first-order chi connectivity index (χ1) is 19.1. The van der Waals surface area contributed by atoms with Crippen molar-refractivity contribution in [3.05, 3.63) is 47.7 Å². The van der Waals surface area contributed by atoms with E-state index in [0.29, 0.717) is 37.2 Å². The predicted molar refractivity (Wildman–Crippen MR) is 152 cm³/mol. The summed E-state index contributed by atoms with van der Waals surface area (Å²) in [5, 5.41) is 26.2. The molecule has 9 heteroatoms. The van der Waals surface area contributed by atoms with Crippen LogP contribution in [-0.2, 0) is 13.0 Å². The summed E-state index contributed by atoms with van der Waals surface area (Å²) < 4.78 is 6.30. The number of piperazine rings is 1. The lowest BCUT2D eigenvalue weighted by molar-refractivity contribution is 0.187. The number of nitrogens with zero attached hydrogens (tertiary/aromatic N) is 5. The molecule has 3 aromatic rings. The van der Waals surface area contributed by atoms with Crippen LogP contribution in [0.5, 0.6) is 11.8 Å². The zero-order valence-electron chi connectivity index (χ0n) is 22.6. The highest BCUT2D eigenvalue weighted by atomic mass is 16.5. The van der Waals surface area contributed by atoms with Crippen molar-refractivity contribution in [1.29, 1.82) is 0 Å². The minimum absolute atomic E-state index is 0.222. The van der Waals surface area contributed by atoms with Gasteiger partial charge < -0.3 is 35.0 Å². The second-order valence-corrected chi connectivity index (χ2v) is 11.8. The number of benzene rings is 2. The van der Waals surface area contributed by atoms with Crippen molar-refractivity contribution in [2.75, 3.05) is 56.2 Å². The number of likely N-dealkylation sites (tertiary alicyclic amines) is 1. The van der Waals surface area contributed by atoms with E-state index in [4.69, 9.17) is 14.7 Å². The van der Waals surface area contributed by atoms with E-state index < -0.39 is 0 Å². The molecule has 4 atom stereocenters. The maximum Gasteiger partial charge on any atom is 0.318 e. The molecule has 9 nitrogen and oxygen atoms in total. The summed E-state index contributed by atoms with van der Waals surface area (Å²) >= 11 is 0. The van der Waals surface area contributed by atoms with Crippen LogP contribution in [0.2, 0.25) is 0 Å². The Hall–Kier alpha value is -3.14. The molecule has 4 aliphatic rings. The molecule has 0 radical (unpaired) electrons. The van der Waals surface area contributed by atoms with Gasteiger partial charge in [-0.1, -0.05) is 24.3 Å². The van der Waals surface area contributed by atoms with Crippen LogP contribution in [0.3, 0.4) is 0 Å². The van der Waals surface area contributed by atoms with Gasteiger partial charge in [-0.05, 0) is 50.7 Å². The molecule has 0 spiro atoms. The molecule has 7 rings (SSSR count). The van der Waals surface area contributed by atoms with Gasteiger partial charge in [0.1, 0.15) is 18.2 Å². The van der Waals surface area contributed by atoms with Crippen molar-refractivity contribution in [2.45, 2.75) is 50.4 Å². The fourth-order valence-corrected chi connectivity index (χ4v) is 7.14. The van der Waals surface area contributed by atoms with Crippen LogP contribution in [0.15, 0.2) is 36.4 Å². The number of phenols is 1. The fraction of sp³-hybridized carbons (Fsp3) is 0.533. The first-order valence-electron chi connectivity index (χ1n) is 14.4. The predicted octanol–water partition coefficient (Wildman–Crippen LogP) is 2.53. The molecule has 3 N–H and O–H groups in total. The highest BCUT2D eigenvalue weighted by molar-refractivity contribution is 5.95. The molecule has 39 heavy (non-hydrogen) atoms. The maximum atomic E-state index is 10.5. The van der Waals surface area contributed by atoms with Crippen LogP contribution in [0.4, 0.5) is 11.5 Å². The number of aromatic hydroxyl groups is 1. The Labute approximate surface area is 229 Å². The van der Waals surface area contributed by atoms with Crippen molar-refractivity contribution in [3.8, 4) is 11.8 Å². The molecule has 2 aromatic carbocycles. The standard InChI is InChI=1S/C30H38N6O3/c1-34-9-4-6-22(34)18-39-30-32-27-16-35(28-13-23(38)12-19-5-2-3-7-24(19)28)10-8-25(27)29(33-30)36-14-21-11-20(17-37)26(15-36)31-21/h2-3,5,7,12-13,20-22,26,31,37-38H,4,6,8-11,14-18H2,1H3/t20-,21+,22?,26+/m1/s1. The number of fused-ring (bicyclic) bond motifs is 4. The average Bonchev–Trinajstić information content (AvgIpc) is 3.50. The minimum atomic E-state index is 0.222. The summed E-state index contributed by atoms with van der Waals surface area (Å²) in [5.41, 5.74) is 3.22. The lowest BCUT2D eigenvalue weighted by Crippen LogP contribution is -2.53. The first-order valence-corrected chi connectivity index (χ1v) is 14.4. The van der Waals surface area contributed by atoms with Crippen molar-refractivity contribution in [2.24, 2.45) is 5.92 Å². The largest absolute Gasteiger partial charge is 0.508 e. The van der Waals surface area contributed by atoms with Crippen LogP contribution in [0.1, 0.15) is 30.5 Å². The highest BCUT2D eigenvalue weighted by Gasteiger charge is 2.41. The number of ether oxygens (including phenoxy) is 1. The summed E-state index contributed by atoms with van der Waals surface area (Å²) in [5.74, 6) is 1.56. The van der Waals surface area contributed by atoms with Crippen LogP contribution >= 0.6 is 0 Å². The van der Waals surface area contributed by atoms with Gasteiger partial charge in [0.05, 0.1) is 12.2 Å². The molecule has 0 amide bonds. The zero-order valence-corrected chi connectivity index (χ0v) is 22.6. The Morgan fingerprint density at radius 2 is 2.00 bits per heavy atom. The monoisotopic (exact) mass is 530 g/mol. The third-order valence-electron chi connectivity index (χ3n) is 9.26. The van der Waals surface area contributed by atoms with Crippen LogP contribution in [0, 0.1) is 5.92 Å². The summed E-state index contributed by atoms with van der Waals surface area (Å²) in [6, 6.07) is 13.4. The fourth-order valence-electron chi connectivity index (χ4n) is 7.14. The van der Waals surface area contributed by atoms with Gasteiger partial charge in [0.2, 0.25) is 0 Å². The lowest BCUT2D eigenvalue weighted by Gasteiger charge is -2.38. The van der Waals surface area contributed by atoms with Crippen LogP contribution in [0.25, 0.3) is 10.8 Å². The Balaban J connectivity index is 1.23. The third kappa shape index (κ3) is 4.66. The van der Waals surface area contributed by atoms with Crippen molar-refractivity contribution in [1.82, 2.24) is 20.2 Å². The highest BCUT2D eigenvalue weighted by Crippen LogP contribution is 2.37. The zero-order chi connectivity index (χ0) is 26.5. The molecule has 0 saturated carbocycles. The second-order valence-electron chi connectivity index (χ2n) is 11.8. The SMILES string of the molecule is CN1CCCC1COc1nc2c(c(N3C[C@@H]4C[C@H](CO)[C@H](C3)N4)n1)CCN(c1cc(O)cc3ccccc13)C2. The number of hydrogen-bond donors (Lipinski definition) is 3. The number of rotatable bonds is 6. The Morgan fingerprint density at radius 3 is 2.85 bits per heavy atom. The molecule has 2 bridgehead atoms. The minimum Gasteiger partial charge on any atom is -0.508 e. The van der Waals surface area contributed by atoms with E-state index in [-0.39, 0.29) is 18.4 Å². The van der Waals surface area contributed by atoms with Gasteiger partial charge in [-0.15, -0.1) is 0 Å². The van der Waals surface area contributed by atoms with Crippen molar-refractivity contribution < 1.29 is 14.9 Å².